The molecule has 0 heterocycles. The van der Waals surface area contributed by atoms with Crippen LogP contribution in [0.1, 0.15) is 21.5 Å². The highest BCUT2D eigenvalue weighted by atomic mass is 19.1. The topological polar surface area (TPSA) is 61.4 Å². The van der Waals surface area contributed by atoms with E-state index in [-0.39, 0.29) is 11.7 Å². The Kier molecular flexibility index (Phi) is 4.42. The fraction of sp³-hybridized carbons (Fsp3) is 0.188. The molecule has 0 atom stereocenters. The van der Waals surface area contributed by atoms with Gasteiger partial charge in [-0.05, 0) is 48.9 Å². The van der Waals surface area contributed by atoms with Crippen molar-refractivity contribution >= 4 is 11.6 Å². The van der Waals surface area contributed by atoms with Gasteiger partial charge >= 0.3 is 0 Å². The highest BCUT2D eigenvalue weighted by Crippen LogP contribution is 2.21. The number of carbonyl (C=O) groups excluding carboxylic acids is 1. The van der Waals surface area contributed by atoms with Gasteiger partial charge in [-0.1, -0.05) is 0 Å². The zero-order valence-corrected chi connectivity index (χ0v) is 11.9. The summed E-state index contributed by atoms with van der Waals surface area (Å²) in [5, 5.41) is 15.4. The Morgan fingerprint density at radius 2 is 2.00 bits per heavy atom. The Bertz CT molecular complexity index is 671. The fourth-order valence-corrected chi connectivity index (χ4v) is 2.03. The Morgan fingerprint density at radius 1 is 1.24 bits per heavy atom. The van der Waals surface area contributed by atoms with Crippen molar-refractivity contribution < 1.29 is 14.3 Å². The number of anilines is 1. The summed E-state index contributed by atoms with van der Waals surface area (Å²) in [6, 6.07) is 9.09. The van der Waals surface area contributed by atoms with Gasteiger partial charge in [0.2, 0.25) is 0 Å². The Morgan fingerprint density at radius 3 is 2.67 bits per heavy atom. The third kappa shape index (κ3) is 3.51. The van der Waals surface area contributed by atoms with Gasteiger partial charge in [-0.3, -0.25) is 4.79 Å². The van der Waals surface area contributed by atoms with Gasteiger partial charge in [0, 0.05) is 30.4 Å². The van der Waals surface area contributed by atoms with Crippen molar-refractivity contribution in [3.63, 3.8) is 0 Å². The molecule has 4 nitrogen and oxygen atoms in total. The lowest BCUT2D eigenvalue weighted by molar-refractivity contribution is 0.0963. The normalized spacial score (nSPS) is 10.2. The van der Waals surface area contributed by atoms with E-state index in [1.807, 2.05) is 6.92 Å². The second kappa shape index (κ2) is 6.26. The number of carbonyl (C=O) groups is 1. The minimum atomic E-state index is -0.392. The lowest BCUT2D eigenvalue weighted by Gasteiger charge is -2.12. The van der Waals surface area contributed by atoms with Gasteiger partial charge in [-0.15, -0.1) is 0 Å². The third-order valence-corrected chi connectivity index (χ3v) is 3.23. The SMILES string of the molecule is CNC(=O)c1ccc(NCc2cc(F)ccc2O)c(C)c1. The van der Waals surface area contributed by atoms with Gasteiger partial charge in [0.15, 0.2) is 0 Å². The maximum Gasteiger partial charge on any atom is 0.251 e. The van der Waals surface area contributed by atoms with E-state index in [0.717, 1.165) is 11.3 Å². The summed E-state index contributed by atoms with van der Waals surface area (Å²) < 4.78 is 13.1. The zero-order chi connectivity index (χ0) is 15.4. The number of aromatic hydroxyl groups is 1. The highest BCUT2D eigenvalue weighted by molar-refractivity contribution is 5.94. The van der Waals surface area contributed by atoms with Crippen LogP contribution in [0.15, 0.2) is 36.4 Å². The van der Waals surface area contributed by atoms with Crippen LogP contribution in [0, 0.1) is 12.7 Å². The number of rotatable bonds is 4. The number of amides is 1. The Labute approximate surface area is 122 Å². The number of halogens is 1. The fourth-order valence-electron chi connectivity index (χ4n) is 2.03. The smallest absolute Gasteiger partial charge is 0.251 e. The van der Waals surface area contributed by atoms with E-state index < -0.39 is 5.82 Å². The van der Waals surface area contributed by atoms with Crippen LogP contribution >= 0.6 is 0 Å². The second-order valence-electron chi connectivity index (χ2n) is 4.74. The van der Waals surface area contributed by atoms with Crippen LogP contribution in [0.3, 0.4) is 0 Å². The molecule has 5 heteroatoms. The van der Waals surface area contributed by atoms with E-state index in [9.17, 15) is 14.3 Å². The molecular formula is C16H17FN2O2. The molecule has 0 unspecified atom stereocenters. The molecule has 0 saturated heterocycles. The lowest BCUT2D eigenvalue weighted by Crippen LogP contribution is -2.17. The van der Waals surface area contributed by atoms with E-state index in [1.54, 1.807) is 25.2 Å². The van der Waals surface area contributed by atoms with Gasteiger partial charge in [-0.2, -0.15) is 0 Å². The van der Waals surface area contributed by atoms with Crippen molar-refractivity contribution in [2.45, 2.75) is 13.5 Å². The van der Waals surface area contributed by atoms with Crippen LogP contribution < -0.4 is 10.6 Å². The van der Waals surface area contributed by atoms with Crippen LogP contribution in [-0.4, -0.2) is 18.1 Å². The van der Waals surface area contributed by atoms with Crippen molar-refractivity contribution in [3.05, 3.63) is 58.9 Å². The van der Waals surface area contributed by atoms with E-state index >= 15 is 0 Å². The molecule has 21 heavy (non-hydrogen) atoms. The van der Waals surface area contributed by atoms with Crippen molar-refractivity contribution in [2.24, 2.45) is 0 Å². The Balaban J connectivity index is 2.13. The molecule has 0 aliphatic heterocycles. The van der Waals surface area contributed by atoms with E-state index in [4.69, 9.17) is 0 Å². The van der Waals surface area contributed by atoms with Crippen LogP contribution in [-0.2, 0) is 6.54 Å². The number of nitrogens with one attached hydrogen (secondary N) is 2. The molecule has 0 bridgehead atoms. The molecule has 0 aliphatic rings. The van der Waals surface area contributed by atoms with Crippen molar-refractivity contribution in [2.75, 3.05) is 12.4 Å². The largest absolute Gasteiger partial charge is 0.508 e. The average Bonchev–Trinajstić information content (AvgIpc) is 2.48. The maximum absolute atomic E-state index is 13.1. The Hall–Kier alpha value is -2.56. The summed E-state index contributed by atoms with van der Waals surface area (Å²) in [5.74, 6) is -0.493. The van der Waals surface area contributed by atoms with Crippen LogP contribution in [0.5, 0.6) is 5.75 Å². The van der Waals surface area contributed by atoms with Gasteiger partial charge in [0.1, 0.15) is 11.6 Å². The zero-order valence-electron chi connectivity index (χ0n) is 11.9. The molecule has 0 saturated carbocycles. The number of phenolic OH excluding ortho intramolecular Hbond substituents is 1. The second-order valence-corrected chi connectivity index (χ2v) is 4.74. The molecule has 2 aromatic rings. The summed E-state index contributed by atoms with van der Waals surface area (Å²) in [4.78, 5) is 11.5. The summed E-state index contributed by atoms with van der Waals surface area (Å²) in [6.07, 6.45) is 0. The number of hydrogen-bond acceptors (Lipinski definition) is 3. The summed E-state index contributed by atoms with van der Waals surface area (Å²) in [6.45, 7) is 2.17. The summed E-state index contributed by atoms with van der Waals surface area (Å²) in [5.41, 5.74) is 2.78. The van der Waals surface area contributed by atoms with Crippen LogP contribution in [0.4, 0.5) is 10.1 Å². The molecule has 110 valence electrons. The minimum Gasteiger partial charge on any atom is -0.508 e. The molecule has 3 N–H and O–H groups in total. The van der Waals surface area contributed by atoms with E-state index in [0.29, 0.717) is 17.7 Å². The van der Waals surface area contributed by atoms with Gasteiger partial charge in [-0.25, -0.2) is 4.39 Å². The van der Waals surface area contributed by atoms with Crippen molar-refractivity contribution in [3.8, 4) is 5.75 Å². The standard InChI is InChI=1S/C16H17FN2O2/c1-10-7-11(16(21)18-2)3-5-14(10)19-9-12-8-13(17)4-6-15(12)20/h3-8,19-20H,9H2,1-2H3,(H,18,21). The molecule has 0 fully saturated rings. The number of benzene rings is 2. The van der Waals surface area contributed by atoms with Gasteiger partial charge in [0.25, 0.3) is 5.91 Å². The predicted octanol–water partition coefficient (Wildman–Crippen LogP) is 2.81. The maximum atomic E-state index is 13.1. The average molecular weight is 288 g/mol. The number of hydrogen-bond donors (Lipinski definition) is 3. The van der Waals surface area contributed by atoms with E-state index in [1.165, 1.54) is 18.2 Å². The van der Waals surface area contributed by atoms with Crippen molar-refractivity contribution in [1.82, 2.24) is 5.32 Å². The molecular weight excluding hydrogens is 271 g/mol. The first-order valence-corrected chi connectivity index (χ1v) is 6.55. The summed E-state index contributed by atoms with van der Waals surface area (Å²) >= 11 is 0. The third-order valence-electron chi connectivity index (χ3n) is 3.23. The molecule has 1 amide bonds. The van der Waals surface area contributed by atoms with Crippen LogP contribution in [0.25, 0.3) is 0 Å². The monoisotopic (exact) mass is 288 g/mol. The van der Waals surface area contributed by atoms with Crippen molar-refractivity contribution in [1.29, 1.82) is 0 Å². The lowest BCUT2D eigenvalue weighted by atomic mass is 10.1. The highest BCUT2D eigenvalue weighted by Gasteiger charge is 2.07. The molecule has 0 spiro atoms. The molecule has 0 aromatic heterocycles. The summed E-state index contributed by atoms with van der Waals surface area (Å²) in [7, 11) is 1.58. The van der Waals surface area contributed by atoms with Gasteiger partial charge in [0.05, 0.1) is 0 Å². The quantitative estimate of drug-likeness (QED) is 0.810. The number of phenols is 1. The first kappa shape index (κ1) is 14.8. The van der Waals surface area contributed by atoms with E-state index in [2.05, 4.69) is 10.6 Å². The molecule has 0 radical (unpaired) electrons. The minimum absolute atomic E-state index is 0.0449. The molecule has 2 aromatic carbocycles. The first-order chi connectivity index (χ1) is 10.0. The predicted molar refractivity (Wildman–Crippen MR) is 80.0 cm³/mol. The van der Waals surface area contributed by atoms with Crippen LogP contribution in [0.2, 0.25) is 0 Å². The molecule has 2 rings (SSSR count). The number of aryl methyl sites for hydroxylation is 1. The first-order valence-electron chi connectivity index (χ1n) is 6.55. The van der Waals surface area contributed by atoms with Gasteiger partial charge < -0.3 is 15.7 Å². The molecule has 0 aliphatic carbocycles.